The van der Waals surface area contributed by atoms with Crippen molar-refractivity contribution in [2.75, 3.05) is 18.9 Å². The Kier molecular flexibility index (Phi) is 2.25. The molecule has 0 fully saturated rings. The average Bonchev–Trinajstić information content (AvgIpc) is 2.53. The van der Waals surface area contributed by atoms with Crippen molar-refractivity contribution in [2.24, 2.45) is 0 Å². The summed E-state index contributed by atoms with van der Waals surface area (Å²) in [5.74, 6) is 0. The minimum Gasteiger partial charge on any atom is -0.399 e. The minimum absolute atomic E-state index is 0.653. The molecule has 1 aliphatic heterocycles. The van der Waals surface area contributed by atoms with E-state index in [0.29, 0.717) is 23.9 Å². The third-order valence-corrected chi connectivity index (χ3v) is 2.21. The molecule has 68 valence electrons. The summed E-state index contributed by atoms with van der Waals surface area (Å²) in [5, 5.41) is 0.669. The van der Waals surface area contributed by atoms with Crippen molar-refractivity contribution in [3.63, 3.8) is 0 Å². The minimum atomic E-state index is 0.653. The predicted octanol–water partition coefficient (Wildman–Crippen LogP) is 2.34. The second-order valence-electron chi connectivity index (χ2n) is 3.02. The molecule has 0 saturated carbocycles. The summed E-state index contributed by atoms with van der Waals surface area (Å²) in [6.45, 7) is 1.33. The molecular formula is C10H10ClNO. The Morgan fingerprint density at radius 1 is 1.31 bits per heavy atom. The fourth-order valence-corrected chi connectivity index (χ4v) is 1.63. The molecule has 2 nitrogen and oxygen atoms in total. The second-order valence-corrected chi connectivity index (χ2v) is 3.45. The van der Waals surface area contributed by atoms with E-state index >= 15 is 0 Å². The fourth-order valence-electron chi connectivity index (χ4n) is 1.39. The van der Waals surface area contributed by atoms with Gasteiger partial charge in [-0.1, -0.05) is 17.7 Å². The largest absolute Gasteiger partial charge is 0.399 e. The Labute approximate surface area is 82.0 Å². The van der Waals surface area contributed by atoms with E-state index in [9.17, 15) is 0 Å². The summed E-state index contributed by atoms with van der Waals surface area (Å²) in [5.41, 5.74) is 8.58. The summed E-state index contributed by atoms with van der Waals surface area (Å²) >= 11 is 5.88. The molecule has 0 aliphatic carbocycles. The predicted molar refractivity (Wildman–Crippen MR) is 54.7 cm³/mol. The van der Waals surface area contributed by atoms with Crippen molar-refractivity contribution in [1.82, 2.24) is 0 Å². The first-order valence-electron chi connectivity index (χ1n) is 4.09. The molecule has 1 aromatic rings. The van der Waals surface area contributed by atoms with E-state index < -0.39 is 0 Å². The highest BCUT2D eigenvalue weighted by molar-refractivity contribution is 6.31. The molecule has 2 N–H and O–H groups in total. The smallest absolute Gasteiger partial charge is 0.0724 e. The molecule has 3 heteroatoms. The van der Waals surface area contributed by atoms with Crippen molar-refractivity contribution < 1.29 is 4.74 Å². The van der Waals surface area contributed by atoms with E-state index in [-0.39, 0.29) is 0 Å². The van der Waals surface area contributed by atoms with Crippen LogP contribution in [-0.2, 0) is 4.74 Å². The van der Waals surface area contributed by atoms with Crippen molar-refractivity contribution >= 4 is 22.9 Å². The molecule has 13 heavy (non-hydrogen) atoms. The van der Waals surface area contributed by atoms with E-state index in [1.165, 1.54) is 0 Å². The zero-order valence-electron chi connectivity index (χ0n) is 7.09. The van der Waals surface area contributed by atoms with E-state index in [0.717, 1.165) is 11.1 Å². The number of nitrogen functional groups attached to an aromatic ring is 1. The Morgan fingerprint density at radius 3 is 2.77 bits per heavy atom. The standard InChI is InChI=1S/C10H10ClNO/c11-9-3-8(4-10(12)5-9)7-1-2-13-6-7/h1,3-5H,2,6,12H2. The van der Waals surface area contributed by atoms with Crippen LogP contribution in [0.15, 0.2) is 24.3 Å². The number of hydrogen-bond acceptors (Lipinski definition) is 2. The Balaban J connectivity index is 2.39. The van der Waals surface area contributed by atoms with E-state index in [1.54, 1.807) is 6.07 Å². The maximum absolute atomic E-state index is 5.88. The molecule has 0 saturated heterocycles. The summed E-state index contributed by atoms with van der Waals surface area (Å²) in [4.78, 5) is 0. The zero-order valence-corrected chi connectivity index (χ0v) is 7.84. The molecule has 1 heterocycles. The number of ether oxygens (including phenoxy) is 1. The normalized spacial score (nSPS) is 15.9. The SMILES string of the molecule is Nc1cc(Cl)cc(C2=CCOC2)c1. The van der Waals surface area contributed by atoms with Crippen LogP contribution in [0.25, 0.3) is 5.57 Å². The monoisotopic (exact) mass is 195 g/mol. The average molecular weight is 196 g/mol. The van der Waals surface area contributed by atoms with Crippen LogP contribution in [0, 0.1) is 0 Å². The highest BCUT2D eigenvalue weighted by atomic mass is 35.5. The quantitative estimate of drug-likeness (QED) is 0.699. The maximum Gasteiger partial charge on any atom is 0.0724 e. The molecule has 0 spiro atoms. The van der Waals surface area contributed by atoms with Gasteiger partial charge in [0.15, 0.2) is 0 Å². The highest BCUT2D eigenvalue weighted by Gasteiger charge is 2.08. The maximum atomic E-state index is 5.88. The topological polar surface area (TPSA) is 35.2 Å². The highest BCUT2D eigenvalue weighted by Crippen LogP contribution is 2.24. The van der Waals surface area contributed by atoms with E-state index in [2.05, 4.69) is 0 Å². The van der Waals surface area contributed by atoms with Gasteiger partial charge in [0.05, 0.1) is 13.2 Å². The molecule has 0 bridgehead atoms. The number of halogens is 1. The zero-order chi connectivity index (χ0) is 9.26. The van der Waals surface area contributed by atoms with Gasteiger partial charge >= 0.3 is 0 Å². The van der Waals surface area contributed by atoms with Gasteiger partial charge in [0.25, 0.3) is 0 Å². The third-order valence-electron chi connectivity index (χ3n) is 2.00. The molecule has 0 amide bonds. The first-order chi connectivity index (χ1) is 6.25. The van der Waals surface area contributed by atoms with Crippen molar-refractivity contribution in [3.8, 4) is 0 Å². The summed E-state index contributed by atoms with van der Waals surface area (Å²) < 4.78 is 5.21. The number of nitrogens with two attached hydrogens (primary N) is 1. The molecule has 1 aliphatic rings. The lowest BCUT2D eigenvalue weighted by Crippen LogP contribution is -1.91. The lowest BCUT2D eigenvalue weighted by Gasteiger charge is -2.03. The van der Waals surface area contributed by atoms with Gasteiger partial charge in [-0.05, 0) is 29.3 Å². The van der Waals surface area contributed by atoms with Crippen LogP contribution in [0.2, 0.25) is 5.02 Å². The lowest BCUT2D eigenvalue weighted by atomic mass is 10.1. The second kappa shape index (κ2) is 3.40. The number of rotatable bonds is 1. The summed E-state index contributed by atoms with van der Waals surface area (Å²) in [7, 11) is 0. The van der Waals surface area contributed by atoms with E-state index in [4.69, 9.17) is 22.1 Å². The van der Waals surface area contributed by atoms with Gasteiger partial charge in [0.1, 0.15) is 0 Å². The van der Waals surface area contributed by atoms with Crippen LogP contribution in [0.5, 0.6) is 0 Å². The van der Waals surface area contributed by atoms with Gasteiger partial charge in [-0.15, -0.1) is 0 Å². The van der Waals surface area contributed by atoms with Crippen LogP contribution < -0.4 is 5.73 Å². The first-order valence-corrected chi connectivity index (χ1v) is 4.47. The van der Waals surface area contributed by atoms with Crippen molar-refractivity contribution in [3.05, 3.63) is 34.9 Å². The van der Waals surface area contributed by atoms with Gasteiger partial charge in [-0.3, -0.25) is 0 Å². The Bertz CT molecular complexity index is 340. The van der Waals surface area contributed by atoms with Crippen LogP contribution >= 0.6 is 11.6 Å². The lowest BCUT2D eigenvalue weighted by molar-refractivity contribution is 0.216. The fraction of sp³-hybridized carbons (Fsp3) is 0.200. The molecule has 1 aromatic carbocycles. The molecule has 0 aromatic heterocycles. The van der Waals surface area contributed by atoms with Gasteiger partial charge in [-0.25, -0.2) is 0 Å². The van der Waals surface area contributed by atoms with Gasteiger partial charge in [0.2, 0.25) is 0 Å². The number of hydrogen-bond donors (Lipinski definition) is 1. The number of anilines is 1. The molecule has 2 rings (SSSR count). The molecule has 0 radical (unpaired) electrons. The Morgan fingerprint density at radius 2 is 2.15 bits per heavy atom. The Hall–Kier alpha value is -0.990. The van der Waals surface area contributed by atoms with Crippen LogP contribution in [0.1, 0.15) is 5.56 Å². The first kappa shape index (κ1) is 8.60. The van der Waals surface area contributed by atoms with Crippen molar-refractivity contribution in [2.45, 2.75) is 0 Å². The van der Waals surface area contributed by atoms with Crippen LogP contribution in [-0.4, -0.2) is 13.2 Å². The van der Waals surface area contributed by atoms with Crippen LogP contribution in [0.4, 0.5) is 5.69 Å². The molecular weight excluding hydrogens is 186 g/mol. The third kappa shape index (κ3) is 1.85. The summed E-state index contributed by atoms with van der Waals surface area (Å²) in [6.07, 6.45) is 2.05. The van der Waals surface area contributed by atoms with Gasteiger partial charge in [-0.2, -0.15) is 0 Å². The molecule has 0 unspecified atom stereocenters. The van der Waals surface area contributed by atoms with E-state index in [1.807, 2.05) is 18.2 Å². The number of benzene rings is 1. The molecule has 0 atom stereocenters. The summed E-state index contributed by atoms with van der Waals surface area (Å²) in [6, 6.07) is 5.55. The van der Waals surface area contributed by atoms with Gasteiger partial charge in [0, 0.05) is 10.7 Å². The van der Waals surface area contributed by atoms with Crippen LogP contribution in [0.3, 0.4) is 0 Å². The van der Waals surface area contributed by atoms with Crippen molar-refractivity contribution in [1.29, 1.82) is 0 Å². The van der Waals surface area contributed by atoms with Gasteiger partial charge < -0.3 is 10.5 Å².